The van der Waals surface area contributed by atoms with E-state index in [4.69, 9.17) is 4.74 Å². The molecule has 0 radical (unpaired) electrons. The first kappa shape index (κ1) is 14.0. The normalized spacial score (nSPS) is 12.8. The molecule has 0 amide bonds. The third-order valence-corrected chi connectivity index (χ3v) is 2.95. The van der Waals surface area contributed by atoms with E-state index in [1.54, 1.807) is 0 Å². The Hall–Kier alpha value is -1.02. The highest BCUT2D eigenvalue weighted by atomic mass is 16.5. The van der Waals surface area contributed by atoms with Gasteiger partial charge in [-0.2, -0.15) is 0 Å². The molecule has 2 nitrogen and oxygen atoms in total. The van der Waals surface area contributed by atoms with Crippen LogP contribution >= 0.6 is 0 Å². The molecule has 0 aliphatic carbocycles. The summed E-state index contributed by atoms with van der Waals surface area (Å²) >= 11 is 0. The molecule has 0 heterocycles. The zero-order valence-electron chi connectivity index (χ0n) is 11.1. The zero-order chi connectivity index (χ0) is 12.7. The standard InChI is InChI=1S/C15H24O2/c1-4-14(16)8-6-10-17-15-9-5-7-13(11-15)12(2)3/h5,7,9,11-12,14,16H,4,6,8,10H2,1-3H3. The van der Waals surface area contributed by atoms with Gasteiger partial charge in [0.25, 0.3) is 0 Å². The maximum absolute atomic E-state index is 9.42. The van der Waals surface area contributed by atoms with Gasteiger partial charge in [0.15, 0.2) is 0 Å². The molecular weight excluding hydrogens is 212 g/mol. The quantitative estimate of drug-likeness (QED) is 0.731. The third-order valence-electron chi connectivity index (χ3n) is 2.95. The fraction of sp³-hybridized carbons (Fsp3) is 0.600. The van der Waals surface area contributed by atoms with E-state index >= 15 is 0 Å². The van der Waals surface area contributed by atoms with Crippen molar-refractivity contribution in [2.75, 3.05) is 6.61 Å². The maximum Gasteiger partial charge on any atom is 0.119 e. The Bertz CT molecular complexity index is 320. The van der Waals surface area contributed by atoms with Crippen molar-refractivity contribution < 1.29 is 9.84 Å². The van der Waals surface area contributed by atoms with Gasteiger partial charge in [0.1, 0.15) is 5.75 Å². The Labute approximate surface area is 105 Å². The first-order valence-electron chi connectivity index (χ1n) is 6.54. The number of ether oxygens (including phenoxy) is 1. The summed E-state index contributed by atoms with van der Waals surface area (Å²) in [5.41, 5.74) is 1.30. The Balaban J connectivity index is 2.34. The molecule has 0 saturated carbocycles. The number of benzene rings is 1. The maximum atomic E-state index is 9.42. The minimum atomic E-state index is -0.180. The third kappa shape index (κ3) is 5.22. The van der Waals surface area contributed by atoms with Crippen molar-refractivity contribution >= 4 is 0 Å². The van der Waals surface area contributed by atoms with E-state index in [0.29, 0.717) is 12.5 Å². The SMILES string of the molecule is CCC(O)CCCOc1cccc(C(C)C)c1. The number of aliphatic hydroxyl groups is 1. The van der Waals surface area contributed by atoms with Gasteiger partial charge >= 0.3 is 0 Å². The number of hydrogen-bond acceptors (Lipinski definition) is 2. The highest BCUT2D eigenvalue weighted by molar-refractivity contribution is 5.30. The molecule has 0 aliphatic rings. The Morgan fingerprint density at radius 3 is 2.71 bits per heavy atom. The lowest BCUT2D eigenvalue weighted by atomic mass is 10.0. The van der Waals surface area contributed by atoms with Crippen LogP contribution in [0.15, 0.2) is 24.3 Å². The molecule has 0 spiro atoms. The number of rotatable bonds is 7. The minimum absolute atomic E-state index is 0.180. The van der Waals surface area contributed by atoms with Crippen LogP contribution in [0.25, 0.3) is 0 Å². The predicted octanol–water partition coefficient (Wildman–Crippen LogP) is 3.74. The number of aliphatic hydroxyl groups excluding tert-OH is 1. The second-order valence-electron chi connectivity index (χ2n) is 4.78. The van der Waals surface area contributed by atoms with Gasteiger partial charge in [-0.25, -0.2) is 0 Å². The van der Waals surface area contributed by atoms with Gasteiger partial charge < -0.3 is 9.84 Å². The van der Waals surface area contributed by atoms with Crippen LogP contribution in [-0.4, -0.2) is 17.8 Å². The molecule has 96 valence electrons. The lowest BCUT2D eigenvalue weighted by Crippen LogP contribution is -2.07. The molecule has 1 aromatic carbocycles. The second kappa shape index (κ2) is 7.33. The summed E-state index contributed by atoms with van der Waals surface area (Å²) in [4.78, 5) is 0. The molecule has 2 heteroatoms. The van der Waals surface area contributed by atoms with Crippen LogP contribution in [0.4, 0.5) is 0 Å². The van der Waals surface area contributed by atoms with Gasteiger partial charge in [0, 0.05) is 0 Å². The van der Waals surface area contributed by atoms with Gasteiger partial charge in [0.2, 0.25) is 0 Å². The fourth-order valence-electron chi connectivity index (χ4n) is 1.68. The summed E-state index contributed by atoms with van der Waals surface area (Å²) in [6.45, 7) is 7.03. The summed E-state index contributed by atoms with van der Waals surface area (Å²) < 4.78 is 5.68. The fourth-order valence-corrected chi connectivity index (χ4v) is 1.68. The summed E-state index contributed by atoms with van der Waals surface area (Å²) in [6.07, 6.45) is 2.37. The van der Waals surface area contributed by atoms with Gasteiger partial charge in [0.05, 0.1) is 12.7 Å². The molecule has 1 atom stereocenters. The molecule has 1 aromatic rings. The van der Waals surface area contributed by atoms with Crippen molar-refractivity contribution in [3.63, 3.8) is 0 Å². The van der Waals surface area contributed by atoms with E-state index in [9.17, 15) is 5.11 Å². The van der Waals surface area contributed by atoms with Crippen molar-refractivity contribution in [1.82, 2.24) is 0 Å². The molecule has 1 unspecified atom stereocenters. The highest BCUT2D eigenvalue weighted by Crippen LogP contribution is 2.20. The van der Waals surface area contributed by atoms with E-state index in [1.165, 1.54) is 5.56 Å². The molecule has 1 rings (SSSR count). The second-order valence-corrected chi connectivity index (χ2v) is 4.78. The van der Waals surface area contributed by atoms with Gasteiger partial charge in [-0.05, 0) is 42.9 Å². The van der Waals surface area contributed by atoms with Gasteiger partial charge in [-0.3, -0.25) is 0 Å². The zero-order valence-corrected chi connectivity index (χ0v) is 11.1. The first-order valence-corrected chi connectivity index (χ1v) is 6.54. The van der Waals surface area contributed by atoms with Crippen molar-refractivity contribution in [2.24, 2.45) is 0 Å². The summed E-state index contributed by atoms with van der Waals surface area (Å²) in [5.74, 6) is 1.46. The molecule has 0 saturated heterocycles. The first-order chi connectivity index (χ1) is 8.13. The van der Waals surface area contributed by atoms with Crippen molar-refractivity contribution in [3.05, 3.63) is 29.8 Å². The average Bonchev–Trinajstić information content (AvgIpc) is 2.34. The lowest BCUT2D eigenvalue weighted by molar-refractivity contribution is 0.149. The van der Waals surface area contributed by atoms with E-state index < -0.39 is 0 Å². The van der Waals surface area contributed by atoms with Crippen LogP contribution in [0.5, 0.6) is 5.75 Å². The smallest absolute Gasteiger partial charge is 0.119 e. The summed E-state index contributed by atoms with van der Waals surface area (Å²) in [6, 6.07) is 8.24. The summed E-state index contributed by atoms with van der Waals surface area (Å²) in [7, 11) is 0. The Kier molecular flexibility index (Phi) is 6.06. The monoisotopic (exact) mass is 236 g/mol. The average molecular weight is 236 g/mol. The van der Waals surface area contributed by atoms with Crippen molar-refractivity contribution in [2.45, 2.75) is 52.1 Å². The minimum Gasteiger partial charge on any atom is -0.494 e. The van der Waals surface area contributed by atoms with E-state index in [1.807, 2.05) is 19.1 Å². The largest absolute Gasteiger partial charge is 0.494 e. The van der Waals surface area contributed by atoms with E-state index in [2.05, 4.69) is 26.0 Å². The van der Waals surface area contributed by atoms with Crippen LogP contribution < -0.4 is 4.74 Å². The highest BCUT2D eigenvalue weighted by Gasteiger charge is 2.02. The molecule has 0 aromatic heterocycles. The van der Waals surface area contributed by atoms with Crippen LogP contribution in [0, 0.1) is 0 Å². The van der Waals surface area contributed by atoms with E-state index in [-0.39, 0.29) is 6.10 Å². The Morgan fingerprint density at radius 1 is 1.29 bits per heavy atom. The Morgan fingerprint density at radius 2 is 2.06 bits per heavy atom. The molecule has 0 fully saturated rings. The summed E-state index contributed by atoms with van der Waals surface area (Å²) in [5, 5.41) is 9.42. The van der Waals surface area contributed by atoms with Crippen LogP contribution in [0.1, 0.15) is 51.5 Å². The lowest BCUT2D eigenvalue weighted by Gasteiger charge is -2.11. The van der Waals surface area contributed by atoms with Gasteiger partial charge in [-0.1, -0.05) is 32.9 Å². The van der Waals surface area contributed by atoms with Crippen molar-refractivity contribution in [1.29, 1.82) is 0 Å². The molecule has 0 bridgehead atoms. The van der Waals surface area contributed by atoms with Crippen LogP contribution in [0.2, 0.25) is 0 Å². The number of hydrogen-bond donors (Lipinski definition) is 1. The predicted molar refractivity (Wildman–Crippen MR) is 71.6 cm³/mol. The van der Waals surface area contributed by atoms with Crippen LogP contribution in [0.3, 0.4) is 0 Å². The topological polar surface area (TPSA) is 29.5 Å². The molecule has 17 heavy (non-hydrogen) atoms. The van der Waals surface area contributed by atoms with E-state index in [0.717, 1.165) is 25.0 Å². The van der Waals surface area contributed by atoms with Crippen LogP contribution in [-0.2, 0) is 0 Å². The van der Waals surface area contributed by atoms with Gasteiger partial charge in [-0.15, -0.1) is 0 Å². The molecular formula is C15H24O2. The molecule has 0 aliphatic heterocycles. The van der Waals surface area contributed by atoms with Crippen molar-refractivity contribution in [3.8, 4) is 5.75 Å². The molecule has 1 N–H and O–H groups in total.